The van der Waals surface area contributed by atoms with Gasteiger partial charge < -0.3 is 16.0 Å². The molecule has 5 rings (SSSR count). The van der Waals surface area contributed by atoms with Gasteiger partial charge in [0, 0.05) is 42.4 Å². The van der Waals surface area contributed by atoms with Crippen molar-refractivity contribution in [2.24, 2.45) is 5.73 Å². The van der Waals surface area contributed by atoms with E-state index in [-0.39, 0.29) is 11.5 Å². The predicted molar refractivity (Wildman–Crippen MR) is 140 cm³/mol. The number of nitrogens with zero attached hydrogens (tertiary/aromatic N) is 3. The number of amides is 1. The number of hydrogen-bond acceptors (Lipinski definition) is 4. The topological polar surface area (TPSA) is 87.5 Å². The lowest BCUT2D eigenvalue weighted by Crippen LogP contribution is -2.45. The van der Waals surface area contributed by atoms with E-state index in [1.54, 1.807) is 30.3 Å². The molecule has 1 aliphatic rings. The molecule has 0 bridgehead atoms. The number of benzene rings is 2. The van der Waals surface area contributed by atoms with Gasteiger partial charge in [-0.2, -0.15) is 0 Å². The molecule has 182 valence electrons. The maximum absolute atomic E-state index is 15.5. The summed E-state index contributed by atoms with van der Waals surface area (Å²) in [5.74, 6) is -0.896. The molecule has 1 fully saturated rings. The largest absolute Gasteiger partial charge is 0.404 e. The molecule has 0 radical (unpaired) electrons. The molecule has 1 amide bonds. The summed E-state index contributed by atoms with van der Waals surface area (Å²) in [7, 11) is 1.78. The second kappa shape index (κ2) is 9.41. The minimum Gasteiger partial charge on any atom is -0.404 e. The number of rotatable bonds is 6. The van der Waals surface area contributed by atoms with E-state index < -0.39 is 11.4 Å². The van der Waals surface area contributed by atoms with Gasteiger partial charge in [-0.3, -0.25) is 9.20 Å². The lowest BCUT2D eigenvalue weighted by Gasteiger charge is -2.39. The highest BCUT2D eigenvalue weighted by Gasteiger charge is 2.42. The summed E-state index contributed by atoms with van der Waals surface area (Å²) in [6.45, 7) is 0. The third-order valence-corrected chi connectivity index (χ3v) is 7.36. The summed E-state index contributed by atoms with van der Waals surface area (Å²) in [5, 5.41) is 7.56. The van der Waals surface area contributed by atoms with Crippen LogP contribution in [0, 0.1) is 11.2 Å². The molecule has 36 heavy (non-hydrogen) atoms. The zero-order chi connectivity index (χ0) is 25.3. The molecule has 0 aliphatic heterocycles. The Balaban J connectivity index is 1.49. The Hall–Kier alpha value is -4.26. The number of fused-ring (bicyclic) bond motifs is 1. The average molecular weight is 482 g/mol. The molecule has 4 aromatic rings. The number of allylic oxidation sites excluding steroid dienone is 1. The quantitative estimate of drug-likeness (QED) is 0.350. The SMILES string of the molecule is CN(C(=O)c1ccc(-c2cnc3ccc(/C(C=N)=C/N)cn23)cc1F)C1(c2ccccc2)CCCC1. The summed E-state index contributed by atoms with van der Waals surface area (Å²) in [6, 6.07) is 18.4. The van der Waals surface area contributed by atoms with E-state index in [0.29, 0.717) is 22.5 Å². The second-order valence-corrected chi connectivity index (χ2v) is 9.22. The van der Waals surface area contributed by atoms with Crippen LogP contribution in [0.1, 0.15) is 47.2 Å². The van der Waals surface area contributed by atoms with Crippen molar-refractivity contribution in [3.05, 3.63) is 102 Å². The van der Waals surface area contributed by atoms with Gasteiger partial charge >= 0.3 is 0 Å². The summed E-state index contributed by atoms with van der Waals surface area (Å²) in [5.41, 5.74) is 9.62. The van der Waals surface area contributed by atoms with Crippen LogP contribution in [0.5, 0.6) is 0 Å². The van der Waals surface area contributed by atoms with Gasteiger partial charge in [-0.25, -0.2) is 9.37 Å². The lowest BCUT2D eigenvalue weighted by molar-refractivity contribution is 0.0556. The van der Waals surface area contributed by atoms with E-state index in [1.165, 1.54) is 18.5 Å². The third kappa shape index (κ3) is 3.86. The van der Waals surface area contributed by atoms with Gasteiger partial charge in [-0.15, -0.1) is 0 Å². The summed E-state index contributed by atoms with van der Waals surface area (Å²) in [4.78, 5) is 19.7. The standard InChI is InChI=1S/C29H28FN5O/c1-34(29(13-5-6-14-29)23-7-3-2-4-8-23)28(36)24-11-9-20(15-25(24)30)26-18-33-27-12-10-21(19-35(26)27)22(16-31)17-32/h2-4,7-12,15-19,31H,5-6,13-14,32H2,1H3/b22-17+,31-16?. The first-order valence-electron chi connectivity index (χ1n) is 12.0. The van der Waals surface area contributed by atoms with Crippen molar-refractivity contribution in [3.63, 3.8) is 0 Å². The molecule has 0 atom stereocenters. The number of aromatic nitrogens is 2. The maximum Gasteiger partial charge on any atom is 0.257 e. The molecule has 0 spiro atoms. The van der Waals surface area contributed by atoms with Crippen molar-refractivity contribution in [3.8, 4) is 11.3 Å². The number of hydrogen-bond donors (Lipinski definition) is 2. The van der Waals surface area contributed by atoms with E-state index in [1.807, 2.05) is 40.9 Å². The molecule has 1 aliphatic carbocycles. The van der Waals surface area contributed by atoms with Crippen molar-refractivity contribution >= 4 is 23.3 Å². The van der Waals surface area contributed by atoms with E-state index in [9.17, 15) is 4.79 Å². The number of carbonyl (C=O) groups is 1. The Kier molecular flexibility index (Phi) is 6.14. The smallest absolute Gasteiger partial charge is 0.257 e. The fourth-order valence-electron chi connectivity index (χ4n) is 5.34. The maximum atomic E-state index is 15.5. The van der Waals surface area contributed by atoms with Gasteiger partial charge in [0.15, 0.2) is 0 Å². The normalized spacial score (nSPS) is 15.2. The zero-order valence-corrected chi connectivity index (χ0v) is 20.1. The average Bonchev–Trinajstić information content (AvgIpc) is 3.57. The van der Waals surface area contributed by atoms with Crippen molar-refractivity contribution < 1.29 is 9.18 Å². The first kappa shape index (κ1) is 23.5. The Morgan fingerprint density at radius 3 is 2.56 bits per heavy atom. The van der Waals surface area contributed by atoms with Crippen LogP contribution in [0.25, 0.3) is 22.5 Å². The van der Waals surface area contributed by atoms with Crippen LogP contribution >= 0.6 is 0 Å². The van der Waals surface area contributed by atoms with Crippen molar-refractivity contribution in [2.45, 2.75) is 31.2 Å². The van der Waals surface area contributed by atoms with Crippen LogP contribution in [0.15, 0.2) is 79.3 Å². The molecular formula is C29H28FN5O. The first-order chi connectivity index (χ1) is 17.5. The van der Waals surface area contributed by atoms with Gasteiger partial charge in [0.05, 0.1) is 23.0 Å². The van der Waals surface area contributed by atoms with E-state index in [4.69, 9.17) is 11.1 Å². The molecule has 1 saturated carbocycles. The van der Waals surface area contributed by atoms with Crippen LogP contribution in [-0.2, 0) is 5.54 Å². The van der Waals surface area contributed by atoms with Gasteiger partial charge in [-0.1, -0.05) is 49.2 Å². The van der Waals surface area contributed by atoms with Gasteiger partial charge in [-0.05, 0) is 42.7 Å². The number of imidazole rings is 1. The Morgan fingerprint density at radius 1 is 1.14 bits per heavy atom. The van der Waals surface area contributed by atoms with Crippen molar-refractivity contribution in [1.82, 2.24) is 14.3 Å². The number of carbonyl (C=O) groups excluding carboxylic acids is 1. The predicted octanol–water partition coefficient (Wildman–Crippen LogP) is 5.63. The fraction of sp³-hybridized carbons (Fsp3) is 0.207. The highest BCUT2D eigenvalue weighted by molar-refractivity contribution is 6.08. The zero-order valence-electron chi connectivity index (χ0n) is 20.1. The Morgan fingerprint density at radius 2 is 1.89 bits per heavy atom. The highest BCUT2D eigenvalue weighted by atomic mass is 19.1. The highest BCUT2D eigenvalue weighted by Crippen LogP contribution is 2.44. The molecule has 7 heteroatoms. The van der Waals surface area contributed by atoms with E-state index >= 15 is 4.39 Å². The summed E-state index contributed by atoms with van der Waals surface area (Å²) in [6.07, 6.45) is 9.81. The molecule has 3 N–H and O–H groups in total. The second-order valence-electron chi connectivity index (χ2n) is 9.22. The lowest BCUT2D eigenvalue weighted by atomic mass is 9.86. The number of pyridine rings is 1. The van der Waals surface area contributed by atoms with Gasteiger partial charge in [0.1, 0.15) is 11.5 Å². The molecule has 2 aromatic carbocycles. The van der Waals surface area contributed by atoms with Crippen LogP contribution in [0.3, 0.4) is 0 Å². The summed E-state index contributed by atoms with van der Waals surface area (Å²) >= 11 is 0. The third-order valence-electron chi connectivity index (χ3n) is 7.36. The number of halogens is 1. The van der Waals surface area contributed by atoms with Gasteiger partial charge in [0.2, 0.25) is 0 Å². The first-order valence-corrected chi connectivity index (χ1v) is 12.0. The number of nitrogens with two attached hydrogens (primary N) is 1. The van der Waals surface area contributed by atoms with Crippen LogP contribution in [0.2, 0.25) is 0 Å². The molecule has 0 unspecified atom stereocenters. The molecule has 0 saturated heterocycles. The Bertz CT molecular complexity index is 1470. The molecule has 2 aromatic heterocycles. The van der Waals surface area contributed by atoms with Crippen LogP contribution in [-0.4, -0.2) is 33.5 Å². The van der Waals surface area contributed by atoms with E-state index in [0.717, 1.165) is 36.8 Å². The van der Waals surface area contributed by atoms with Crippen molar-refractivity contribution in [1.29, 1.82) is 5.41 Å². The Labute approximate surface area is 209 Å². The number of nitrogens with one attached hydrogen (secondary N) is 1. The molecule has 2 heterocycles. The van der Waals surface area contributed by atoms with Crippen molar-refractivity contribution in [2.75, 3.05) is 7.05 Å². The minimum absolute atomic E-state index is 0.0510. The minimum atomic E-state index is -0.571. The summed E-state index contributed by atoms with van der Waals surface area (Å²) < 4.78 is 17.3. The molecule has 6 nitrogen and oxygen atoms in total. The van der Waals surface area contributed by atoms with Crippen LogP contribution < -0.4 is 5.73 Å². The fourth-order valence-corrected chi connectivity index (χ4v) is 5.34. The monoisotopic (exact) mass is 481 g/mol. The molecular weight excluding hydrogens is 453 g/mol. The van der Waals surface area contributed by atoms with E-state index in [2.05, 4.69) is 17.1 Å². The van der Waals surface area contributed by atoms with Crippen LogP contribution in [0.4, 0.5) is 4.39 Å². The van der Waals surface area contributed by atoms with Gasteiger partial charge in [0.25, 0.3) is 5.91 Å².